The number of amides is 2. The van der Waals surface area contributed by atoms with Crippen molar-refractivity contribution in [1.82, 2.24) is 15.3 Å². The van der Waals surface area contributed by atoms with Crippen molar-refractivity contribution in [2.75, 3.05) is 31.4 Å². The lowest BCUT2D eigenvalue weighted by Crippen LogP contribution is -2.29. The number of hydrogen-bond acceptors (Lipinski definition) is 6. The molecule has 2 aromatic carbocycles. The largest absolute Gasteiger partial charge is 0.493 e. The zero-order chi connectivity index (χ0) is 22.4. The van der Waals surface area contributed by atoms with Crippen molar-refractivity contribution in [3.63, 3.8) is 0 Å². The van der Waals surface area contributed by atoms with Gasteiger partial charge < -0.3 is 25.4 Å². The average molecular weight is 501 g/mol. The number of urea groups is 1. The second kappa shape index (κ2) is 11.8. The molecule has 11 heteroatoms. The van der Waals surface area contributed by atoms with Crippen LogP contribution < -0.4 is 25.4 Å². The molecule has 0 aliphatic rings. The first-order chi connectivity index (χ1) is 15.0. The molecule has 0 atom stereocenters. The summed E-state index contributed by atoms with van der Waals surface area (Å²) in [6.45, 7) is 2.64. The third-order valence-corrected chi connectivity index (χ3v) is 5.14. The van der Waals surface area contributed by atoms with Crippen molar-refractivity contribution in [2.45, 2.75) is 19.8 Å². The van der Waals surface area contributed by atoms with Gasteiger partial charge in [-0.05, 0) is 24.6 Å². The standard InChI is InChI=1S/C21H23Cl2N5O3.ClH/c1-4-5-6-24-21(29)28-17-9-13(22)16(8-14(17)23)27-20-12-7-18(30-2)19(31-3)10-15(12)25-11-26-20;/h7-11H,4-6H2,1-3H3,(H2,24,28,29)(H,25,26,27);1H. The number of carbonyl (C=O) groups is 1. The Bertz CT molecular complexity index is 1100. The SMILES string of the molecule is CCCCNC(=O)Nc1cc(Cl)c(Nc2ncnc3cc(OC)c(OC)cc23)cc1Cl.Cl. The number of aromatic nitrogens is 2. The normalized spacial score (nSPS) is 10.3. The first-order valence-corrected chi connectivity index (χ1v) is 10.4. The van der Waals surface area contributed by atoms with Crippen LogP contribution in [-0.2, 0) is 0 Å². The number of hydrogen-bond donors (Lipinski definition) is 3. The Morgan fingerprint density at radius 3 is 2.34 bits per heavy atom. The second-order valence-electron chi connectivity index (χ2n) is 6.62. The summed E-state index contributed by atoms with van der Waals surface area (Å²) in [7, 11) is 3.12. The number of rotatable bonds is 8. The molecule has 3 rings (SSSR count). The Kier molecular flexibility index (Phi) is 9.43. The number of nitrogens with zero attached hydrogens (tertiary/aromatic N) is 2. The van der Waals surface area contributed by atoms with Gasteiger partial charge in [0.2, 0.25) is 0 Å². The predicted molar refractivity (Wildman–Crippen MR) is 132 cm³/mol. The van der Waals surface area contributed by atoms with Gasteiger partial charge in [0.1, 0.15) is 12.1 Å². The summed E-state index contributed by atoms with van der Waals surface area (Å²) in [5.74, 6) is 1.63. The van der Waals surface area contributed by atoms with Gasteiger partial charge in [-0.25, -0.2) is 14.8 Å². The molecule has 1 heterocycles. The lowest BCUT2D eigenvalue weighted by Gasteiger charge is -2.15. The lowest BCUT2D eigenvalue weighted by molar-refractivity contribution is 0.252. The Hall–Kier alpha value is -2.68. The van der Waals surface area contributed by atoms with Gasteiger partial charge >= 0.3 is 6.03 Å². The fraction of sp³-hybridized carbons (Fsp3) is 0.286. The number of benzene rings is 2. The van der Waals surface area contributed by atoms with Crippen LogP contribution in [-0.4, -0.2) is 36.8 Å². The third-order valence-electron chi connectivity index (χ3n) is 4.51. The van der Waals surface area contributed by atoms with Crippen molar-refractivity contribution in [3.05, 3.63) is 40.6 Å². The number of methoxy groups -OCH3 is 2. The zero-order valence-corrected chi connectivity index (χ0v) is 20.1. The van der Waals surface area contributed by atoms with Crippen molar-refractivity contribution in [2.24, 2.45) is 0 Å². The van der Waals surface area contributed by atoms with Crippen LogP contribution in [0.15, 0.2) is 30.6 Å². The fourth-order valence-corrected chi connectivity index (χ4v) is 3.32. The first kappa shape index (κ1) is 25.6. The number of ether oxygens (including phenoxy) is 2. The number of carbonyl (C=O) groups excluding carboxylic acids is 1. The minimum atomic E-state index is -0.338. The van der Waals surface area contributed by atoms with E-state index in [4.69, 9.17) is 32.7 Å². The highest BCUT2D eigenvalue weighted by Gasteiger charge is 2.14. The van der Waals surface area contributed by atoms with E-state index < -0.39 is 0 Å². The highest BCUT2D eigenvalue weighted by molar-refractivity contribution is 6.37. The van der Waals surface area contributed by atoms with E-state index in [0.29, 0.717) is 56.2 Å². The Labute approximate surface area is 202 Å². The molecule has 3 aromatic rings. The van der Waals surface area contributed by atoms with E-state index in [1.807, 2.05) is 0 Å². The Morgan fingerprint density at radius 2 is 1.66 bits per heavy atom. The van der Waals surface area contributed by atoms with E-state index in [1.165, 1.54) is 6.33 Å². The summed E-state index contributed by atoms with van der Waals surface area (Å²) < 4.78 is 10.7. The van der Waals surface area contributed by atoms with E-state index >= 15 is 0 Å². The van der Waals surface area contributed by atoms with Crippen LogP contribution >= 0.6 is 35.6 Å². The number of unbranched alkanes of at least 4 members (excludes halogenated alkanes) is 1. The smallest absolute Gasteiger partial charge is 0.319 e. The maximum atomic E-state index is 12.0. The summed E-state index contributed by atoms with van der Waals surface area (Å²) in [5, 5.41) is 10.1. The van der Waals surface area contributed by atoms with Crippen LogP contribution in [0, 0.1) is 0 Å². The molecule has 2 amide bonds. The van der Waals surface area contributed by atoms with E-state index in [2.05, 4.69) is 32.8 Å². The molecule has 3 N–H and O–H groups in total. The van der Waals surface area contributed by atoms with Gasteiger partial charge in [-0.3, -0.25) is 0 Å². The van der Waals surface area contributed by atoms with Gasteiger partial charge in [0.15, 0.2) is 11.5 Å². The number of anilines is 3. The first-order valence-electron chi connectivity index (χ1n) is 9.64. The molecule has 0 unspecified atom stereocenters. The average Bonchev–Trinajstić information content (AvgIpc) is 2.76. The summed E-state index contributed by atoms with van der Waals surface area (Å²) in [4.78, 5) is 20.6. The number of fused-ring (bicyclic) bond motifs is 1. The summed E-state index contributed by atoms with van der Waals surface area (Å²) in [6, 6.07) is 6.41. The molecule has 0 spiro atoms. The van der Waals surface area contributed by atoms with Gasteiger partial charge in [0.25, 0.3) is 0 Å². The molecule has 0 saturated carbocycles. The van der Waals surface area contributed by atoms with Crippen molar-refractivity contribution in [3.8, 4) is 11.5 Å². The predicted octanol–water partition coefficient (Wildman–Crippen LogP) is 6.04. The molecular formula is C21H24Cl3N5O3. The van der Waals surface area contributed by atoms with Crippen LogP contribution in [0.25, 0.3) is 10.9 Å². The molecule has 0 saturated heterocycles. The van der Waals surface area contributed by atoms with Crippen molar-refractivity contribution < 1.29 is 14.3 Å². The molecule has 0 fully saturated rings. The fourth-order valence-electron chi connectivity index (χ4n) is 2.89. The van der Waals surface area contributed by atoms with Crippen molar-refractivity contribution >= 4 is 69.7 Å². The van der Waals surface area contributed by atoms with E-state index in [-0.39, 0.29) is 18.4 Å². The van der Waals surface area contributed by atoms with Gasteiger partial charge in [-0.1, -0.05) is 36.5 Å². The molecular weight excluding hydrogens is 477 g/mol. The van der Waals surface area contributed by atoms with Crippen LogP contribution in [0.3, 0.4) is 0 Å². The highest BCUT2D eigenvalue weighted by atomic mass is 35.5. The number of nitrogens with one attached hydrogen (secondary N) is 3. The van der Waals surface area contributed by atoms with Gasteiger partial charge in [0, 0.05) is 18.0 Å². The van der Waals surface area contributed by atoms with Gasteiger partial charge in [-0.2, -0.15) is 0 Å². The van der Waals surface area contributed by atoms with E-state index in [0.717, 1.165) is 12.8 Å². The van der Waals surface area contributed by atoms with Crippen LogP contribution in [0.5, 0.6) is 11.5 Å². The molecule has 0 bridgehead atoms. The molecule has 0 radical (unpaired) electrons. The molecule has 0 aliphatic carbocycles. The quantitative estimate of drug-likeness (QED) is 0.326. The molecule has 1 aromatic heterocycles. The topological polar surface area (TPSA) is 97.4 Å². The van der Waals surface area contributed by atoms with E-state index in [1.54, 1.807) is 38.5 Å². The minimum absolute atomic E-state index is 0. The summed E-state index contributed by atoms with van der Waals surface area (Å²) in [6.07, 6.45) is 3.32. The highest BCUT2D eigenvalue weighted by Crippen LogP contribution is 2.37. The van der Waals surface area contributed by atoms with Crippen LogP contribution in [0.4, 0.5) is 22.0 Å². The van der Waals surface area contributed by atoms with Crippen LogP contribution in [0.1, 0.15) is 19.8 Å². The molecule has 8 nitrogen and oxygen atoms in total. The minimum Gasteiger partial charge on any atom is -0.493 e. The van der Waals surface area contributed by atoms with Crippen LogP contribution in [0.2, 0.25) is 10.0 Å². The lowest BCUT2D eigenvalue weighted by atomic mass is 10.2. The number of halogens is 3. The van der Waals surface area contributed by atoms with Crippen molar-refractivity contribution in [1.29, 1.82) is 0 Å². The van der Waals surface area contributed by atoms with Gasteiger partial charge in [-0.15, -0.1) is 12.4 Å². The Morgan fingerprint density at radius 1 is 1.00 bits per heavy atom. The maximum absolute atomic E-state index is 12.0. The second-order valence-corrected chi connectivity index (χ2v) is 7.43. The zero-order valence-electron chi connectivity index (χ0n) is 17.8. The summed E-state index contributed by atoms with van der Waals surface area (Å²) >= 11 is 12.8. The Balaban J connectivity index is 0.00000363. The molecule has 32 heavy (non-hydrogen) atoms. The monoisotopic (exact) mass is 499 g/mol. The van der Waals surface area contributed by atoms with Gasteiger partial charge in [0.05, 0.1) is 41.2 Å². The third kappa shape index (κ3) is 5.97. The summed E-state index contributed by atoms with van der Waals surface area (Å²) in [5.41, 5.74) is 1.60. The molecule has 172 valence electrons. The van der Waals surface area contributed by atoms with E-state index in [9.17, 15) is 4.79 Å². The maximum Gasteiger partial charge on any atom is 0.319 e. The molecule has 0 aliphatic heterocycles.